The first-order valence-electron chi connectivity index (χ1n) is 10.1. The molecule has 0 saturated carbocycles. The van der Waals surface area contributed by atoms with Gasteiger partial charge in [0.05, 0.1) is 31.0 Å². The van der Waals surface area contributed by atoms with Crippen molar-refractivity contribution >= 4 is 17.6 Å². The SMILES string of the molecule is C[C@@H]1Cc2nn3c(c2CN1C(=O)Nc1ccc(F)c(C(F)(F)F)c1)C(=O)N(C)O[C@@H](CO)C3. The van der Waals surface area contributed by atoms with E-state index in [2.05, 4.69) is 10.4 Å². The molecule has 0 bridgehead atoms. The number of urea groups is 1. The highest BCUT2D eigenvalue weighted by atomic mass is 19.4. The van der Waals surface area contributed by atoms with Gasteiger partial charge in [0.25, 0.3) is 5.91 Å². The van der Waals surface area contributed by atoms with Crippen molar-refractivity contribution in [2.24, 2.45) is 0 Å². The van der Waals surface area contributed by atoms with Crippen LogP contribution in [0.15, 0.2) is 18.2 Å². The molecule has 2 aliphatic rings. The lowest BCUT2D eigenvalue weighted by molar-refractivity contribution is -0.159. The van der Waals surface area contributed by atoms with Crippen LogP contribution < -0.4 is 5.32 Å². The molecule has 2 atom stereocenters. The zero-order valence-corrected chi connectivity index (χ0v) is 17.7. The van der Waals surface area contributed by atoms with Crippen molar-refractivity contribution in [3.63, 3.8) is 0 Å². The number of halogens is 4. The fraction of sp³-hybridized carbons (Fsp3) is 0.450. The topological polar surface area (TPSA) is 99.9 Å². The largest absolute Gasteiger partial charge is 0.419 e. The molecule has 2 aliphatic heterocycles. The first-order chi connectivity index (χ1) is 15.5. The second kappa shape index (κ2) is 8.30. The third-order valence-electron chi connectivity index (χ3n) is 5.64. The van der Waals surface area contributed by atoms with E-state index >= 15 is 0 Å². The maximum Gasteiger partial charge on any atom is 0.419 e. The normalized spacial score (nSPS) is 20.9. The Balaban J connectivity index is 1.60. The Kier molecular flexibility index (Phi) is 5.78. The molecule has 0 aliphatic carbocycles. The van der Waals surface area contributed by atoms with Crippen molar-refractivity contribution in [2.45, 2.75) is 44.8 Å². The smallest absolute Gasteiger partial charge is 0.393 e. The molecule has 0 spiro atoms. The number of benzene rings is 1. The van der Waals surface area contributed by atoms with Gasteiger partial charge in [-0.2, -0.15) is 18.3 Å². The van der Waals surface area contributed by atoms with Crippen LogP contribution in [0.5, 0.6) is 0 Å². The number of carbonyl (C=O) groups is 2. The first kappa shape index (κ1) is 23.0. The maximum absolute atomic E-state index is 13.6. The van der Waals surface area contributed by atoms with Crippen molar-refractivity contribution in [1.29, 1.82) is 0 Å². The number of alkyl halides is 3. The van der Waals surface area contributed by atoms with Crippen LogP contribution in [-0.4, -0.2) is 62.6 Å². The van der Waals surface area contributed by atoms with E-state index in [1.807, 2.05) is 0 Å². The zero-order chi connectivity index (χ0) is 24.1. The number of carbonyl (C=O) groups excluding carboxylic acids is 2. The quantitative estimate of drug-likeness (QED) is 0.656. The molecule has 3 heterocycles. The molecule has 1 aromatic carbocycles. The standard InChI is InChI=1S/C20H21F4N5O4/c1-10-5-16-13(17-18(31)27(2)33-12(9-30)7-29(17)26-16)8-28(10)19(32)25-11-3-4-15(21)14(6-11)20(22,23)24/h3-4,6,10,12,30H,5,7-9H2,1-2H3,(H,25,32)/t10-,12-/m1/s1. The monoisotopic (exact) mass is 471 g/mol. The van der Waals surface area contributed by atoms with Gasteiger partial charge in [-0.05, 0) is 25.1 Å². The summed E-state index contributed by atoms with van der Waals surface area (Å²) in [7, 11) is 1.41. The lowest BCUT2D eigenvalue weighted by atomic mass is 9.99. The highest BCUT2D eigenvalue weighted by Gasteiger charge is 2.38. The molecule has 2 N–H and O–H groups in total. The van der Waals surface area contributed by atoms with Crippen molar-refractivity contribution in [3.05, 3.63) is 46.5 Å². The maximum atomic E-state index is 13.6. The van der Waals surface area contributed by atoms with E-state index < -0.39 is 35.6 Å². The van der Waals surface area contributed by atoms with Gasteiger partial charge in [0.2, 0.25) is 0 Å². The third-order valence-corrected chi connectivity index (χ3v) is 5.64. The van der Waals surface area contributed by atoms with Crippen molar-refractivity contribution in [2.75, 3.05) is 19.0 Å². The van der Waals surface area contributed by atoms with Crippen LogP contribution in [0, 0.1) is 5.82 Å². The summed E-state index contributed by atoms with van der Waals surface area (Å²) in [6.45, 7) is 1.52. The minimum Gasteiger partial charge on any atom is -0.393 e. The number of fused-ring (bicyclic) bond motifs is 3. The van der Waals surface area contributed by atoms with E-state index in [9.17, 15) is 32.3 Å². The highest BCUT2D eigenvalue weighted by molar-refractivity contribution is 5.94. The molecule has 0 unspecified atom stereocenters. The molecule has 1 aromatic heterocycles. The number of amides is 3. The number of rotatable bonds is 2. The summed E-state index contributed by atoms with van der Waals surface area (Å²) in [6, 6.07) is 1.13. The van der Waals surface area contributed by atoms with Crippen LogP contribution in [0.4, 0.5) is 28.0 Å². The summed E-state index contributed by atoms with van der Waals surface area (Å²) in [4.78, 5) is 32.5. The van der Waals surface area contributed by atoms with Gasteiger partial charge in [0.15, 0.2) is 0 Å². The number of aliphatic hydroxyl groups excluding tert-OH is 1. The van der Waals surface area contributed by atoms with Crippen molar-refractivity contribution < 1.29 is 37.1 Å². The van der Waals surface area contributed by atoms with Crippen LogP contribution in [0.25, 0.3) is 0 Å². The third kappa shape index (κ3) is 4.25. The van der Waals surface area contributed by atoms with Crippen LogP contribution in [0.3, 0.4) is 0 Å². The lowest BCUT2D eigenvalue weighted by Crippen LogP contribution is -2.45. The van der Waals surface area contributed by atoms with Gasteiger partial charge < -0.3 is 15.3 Å². The van der Waals surface area contributed by atoms with Crippen molar-refractivity contribution in [1.82, 2.24) is 19.7 Å². The molecule has 178 valence electrons. The molecule has 2 aromatic rings. The summed E-state index contributed by atoms with van der Waals surface area (Å²) in [6.07, 6.45) is -5.28. The number of hydroxylamine groups is 2. The Bertz CT molecular complexity index is 1100. The Morgan fingerprint density at radius 1 is 1.36 bits per heavy atom. The second-order valence-corrected chi connectivity index (χ2v) is 7.97. The highest BCUT2D eigenvalue weighted by Crippen LogP contribution is 2.34. The Morgan fingerprint density at radius 3 is 2.76 bits per heavy atom. The molecule has 9 nitrogen and oxygen atoms in total. The fourth-order valence-corrected chi connectivity index (χ4v) is 3.99. The van der Waals surface area contributed by atoms with Crippen LogP contribution in [-0.2, 0) is 30.5 Å². The summed E-state index contributed by atoms with van der Waals surface area (Å²) in [5, 5.41) is 17.3. The summed E-state index contributed by atoms with van der Waals surface area (Å²) in [5.74, 6) is -1.94. The van der Waals surface area contributed by atoms with Crippen molar-refractivity contribution in [3.8, 4) is 0 Å². The average Bonchev–Trinajstić information content (AvgIpc) is 3.02. The minimum absolute atomic E-state index is 0.0195. The predicted molar refractivity (Wildman–Crippen MR) is 105 cm³/mol. The Morgan fingerprint density at radius 2 is 2.09 bits per heavy atom. The van der Waals surface area contributed by atoms with Gasteiger partial charge in [-0.3, -0.25) is 14.3 Å². The van der Waals surface area contributed by atoms with E-state index in [0.717, 1.165) is 11.1 Å². The summed E-state index contributed by atoms with van der Waals surface area (Å²) < 4.78 is 54.0. The number of anilines is 1. The molecule has 0 radical (unpaired) electrons. The molecular weight excluding hydrogens is 450 g/mol. The van der Waals surface area contributed by atoms with Gasteiger partial charge >= 0.3 is 12.2 Å². The van der Waals surface area contributed by atoms with Gasteiger partial charge in [0.1, 0.15) is 17.6 Å². The summed E-state index contributed by atoms with van der Waals surface area (Å²) >= 11 is 0. The minimum atomic E-state index is -4.91. The lowest BCUT2D eigenvalue weighted by Gasteiger charge is -2.33. The van der Waals surface area contributed by atoms with E-state index in [4.69, 9.17) is 4.84 Å². The molecule has 0 saturated heterocycles. The molecule has 3 amide bonds. The first-order valence-corrected chi connectivity index (χ1v) is 10.1. The zero-order valence-electron chi connectivity index (χ0n) is 17.7. The fourth-order valence-electron chi connectivity index (χ4n) is 3.99. The number of nitrogens with zero attached hydrogens (tertiary/aromatic N) is 4. The van der Waals surface area contributed by atoms with Gasteiger partial charge in [-0.25, -0.2) is 14.2 Å². The molecular formula is C20H21F4N5O4. The van der Waals surface area contributed by atoms with E-state index in [1.54, 1.807) is 6.92 Å². The van der Waals surface area contributed by atoms with E-state index in [1.165, 1.54) is 16.6 Å². The number of hydrogen-bond acceptors (Lipinski definition) is 5. The Labute approximate surface area is 185 Å². The predicted octanol–water partition coefficient (Wildman–Crippen LogP) is 2.40. The molecule has 33 heavy (non-hydrogen) atoms. The van der Waals surface area contributed by atoms with E-state index in [-0.39, 0.29) is 37.1 Å². The second-order valence-electron chi connectivity index (χ2n) is 7.97. The van der Waals surface area contributed by atoms with Gasteiger partial charge in [-0.1, -0.05) is 0 Å². The number of hydrogen-bond donors (Lipinski definition) is 2. The number of aliphatic hydroxyl groups is 1. The Hall–Kier alpha value is -3.19. The number of aromatic nitrogens is 2. The molecule has 4 rings (SSSR count). The molecule has 13 heteroatoms. The van der Waals surface area contributed by atoms with Crippen LogP contribution in [0.1, 0.15) is 34.2 Å². The van der Waals surface area contributed by atoms with Gasteiger partial charge in [0, 0.05) is 30.8 Å². The number of nitrogens with one attached hydrogen (secondary N) is 1. The van der Waals surface area contributed by atoms with Crippen LogP contribution >= 0.6 is 0 Å². The van der Waals surface area contributed by atoms with Gasteiger partial charge in [-0.15, -0.1) is 0 Å². The van der Waals surface area contributed by atoms with E-state index in [0.29, 0.717) is 29.8 Å². The molecule has 0 fully saturated rings. The van der Waals surface area contributed by atoms with Crippen LogP contribution in [0.2, 0.25) is 0 Å². The average molecular weight is 471 g/mol. The summed E-state index contributed by atoms with van der Waals surface area (Å²) in [5.41, 5.74) is -0.367.